The molecule has 2 amide bonds. The zero-order chi connectivity index (χ0) is 26.8. The number of ether oxygens (including phenoxy) is 1. The summed E-state index contributed by atoms with van der Waals surface area (Å²) in [4.78, 5) is 29.1. The Morgan fingerprint density at radius 1 is 0.947 bits per heavy atom. The van der Waals surface area contributed by atoms with E-state index in [9.17, 15) is 9.59 Å². The van der Waals surface area contributed by atoms with Crippen LogP contribution in [0.25, 0.3) is 0 Å². The van der Waals surface area contributed by atoms with E-state index < -0.39 is 11.1 Å². The maximum atomic E-state index is 13.5. The van der Waals surface area contributed by atoms with Gasteiger partial charge in [-0.3, -0.25) is 14.6 Å². The summed E-state index contributed by atoms with van der Waals surface area (Å²) in [7, 11) is 0. The van der Waals surface area contributed by atoms with Crippen molar-refractivity contribution in [2.24, 2.45) is 0 Å². The van der Waals surface area contributed by atoms with Crippen LogP contribution in [0.5, 0.6) is 0 Å². The van der Waals surface area contributed by atoms with Crippen LogP contribution in [-0.2, 0) is 28.2 Å². The van der Waals surface area contributed by atoms with E-state index in [1.54, 1.807) is 0 Å². The van der Waals surface area contributed by atoms with E-state index in [1.165, 1.54) is 12.5 Å². The molecule has 2 saturated heterocycles. The molecule has 2 aliphatic heterocycles. The molecule has 2 heterocycles. The molecule has 0 saturated carbocycles. The fourth-order valence-corrected chi connectivity index (χ4v) is 5.84. The van der Waals surface area contributed by atoms with Gasteiger partial charge in [0.2, 0.25) is 5.91 Å². The van der Waals surface area contributed by atoms with Crippen LogP contribution < -0.4 is 5.32 Å². The molecule has 1 N–H and O–H groups in total. The Balaban J connectivity index is 1.38. The number of carbonyl (C=O) groups is 2. The highest BCUT2D eigenvalue weighted by Crippen LogP contribution is 2.52. The Bertz CT molecular complexity index is 1340. The molecule has 0 aromatic heterocycles. The van der Waals surface area contributed by atoms with E-state index in [1.807, 2.05) is 71.6 Å². The van der Waals surface area contributed by atoms with E-state index >= 15 is 0 Å². The van der Waals surface area contributed by atoms with Crippen LogP contribution in [0.3, 0.4) is 0 Å². The quantitative estimate of drug-likeness (QED) is 0.481. The molecule has 3 aromatic carbocycles. The highest BCUT2D eigenvalue weighted by atomic mass is 16.6. The van der Waals surface area contributed by atoms with Gasteiger partial charge < -0.3 is 10.1 Å². The van der Waals surface area contributed by atoms with Gasteiger partial charge in [-0.25, -0.2) is 4.79 Å². The van der Waals surface area contributed by atoms with E-state index in [-0.39, 0.29) is 12.0 Å². The number of piperidine rings is 1. The molecule has 1 spiro atoms. The molecule has 194 valence electrons. The number of anilines is 1. The third-order valence-electron chi connectivity index (χ3n) is 8.03. The summed E-state index contributed by atoms with van der Waals surface area (Å²) >= 11 is 0. The second kappa shape index (κ2) is 10.3. The zero-order valence-corrected chi connectivity index (χ0v) is 21.8. The van der Waals surface area contributed by atoms with Crippen LogP contribution in [0.1, 0.15) is 48.9 Å². The van der Waals surface area contributed by atoms with Gasteiger partial charge in [0.15, 0.2) is 0 Å². The summed E-state index contributed by atoms with van der Waals surface area (Å²) in [5, 5.41) is 11.9. The van der Waals surface area contributed by atoms with E-state index in [2.05, 4.69) is 35.3 Å². The summed E-state index contributed by atoms with van der Waals surface area (Å²) in [5.74, 6) is -0.120. The Morgan fingerprint density at radius 2 is 1.55 bits per heavy atom. The molecule has 3 aromatic rings. The number of benzene rings is 3. The monoisotopic (exact) mass is 508 g/mol. The zero-order valence-electron chi connectivity index (χ0n) is 21.8. The van der Waals surface area contributed by atoms with Gasteiger partial charge in [0.1, 0.15) is 11.1 Å². The normalized spacial score (nSPS) is 20.7. The van der Waals surface area contributed by atoms with E-state index in [0.717, 1.165) is 49.3 Å². The molecule has 0 radical (unpaired) electrons. The number of nitriles is 1. The first kappa shape index (κ1) is 25.5. The van der Waals surface area contributed by atoms with Crippen molar-refractivity contribution in [1.29, 1.82) is 5.26 Å². The molecule has 0 aliphatic carbocycles. The van der Waals surface area contributed by atoms with Crippen LogP contribution in [0.15, 0.2) is 78.9 Å². The maximum Gasteiger partial charge on any atom is 0.411 e. The molecule has 0 bridgehead atoms. The van der Waals surface area contributed by atoms with Crippen molar-refractivity contribution in [3.63, 3.8) is 0 Å². The third kappa shape index (κ3) is 4.75. The first-order chi connectivity index (χ1) is 18.3. The molecular formula is C31H32N4O3. The van der Waals surface area contributed by atoms with Crippen LogP contribution >= 0.6 is 0 Å². The van der Waals surface area contributed by atoms with Gasteiger partial charge >= 0.3 is 6.09 Å². The van der Waals surface area contributed by atoms with Crippen LogP contribution in [0.4, 0.5) is 10.5 Å². The smallest absolute Gasteiger partial charge is 0.411 e. The third-order valence-corrected chi connectivity index (χ3v) is 8.03. The number of nitrogens with one attached hydrogen (secondary N) is 1. The largest absolute Gasteiger partial charge is 0.440 e. The Labute approximate surface area is 223 Å². The minimum absolute atomic E-state index is 0.120. The van der Waals surface area contributed by atoms with Crippen molar-refractivity contribution in [2.45, 2.75) is 50.9 Å². The van der Waals surface area contributed by atoms with Crippen molar-refractivity contribution in [3.05, 3.63) is 101 Å². The number of nitrogens with zero attached hydrogens (tertiary/aromatic N) is 3. The maximum absolute atomic E-state index is 13.5. The molecule has 2 fully saturated rings. The lowest BCUT2D eigenvalue weighted by molar-refractivity contribution is -0.114. The van der Waals surface area contributed by atoms with E-state index in [4.69, 9.17) is 10.00 Å². The van der Waals surface area contributed by atoms with Gasteiger partial charge in [-0.05, 0) is 47.9 Å². The Hall–Kier alpha value is -4.15. The molecule has 38 heavy (non-hydrogen) atoms. The van der Waals surface area contributed by atoms with E-state index in [0.29, 0.717) is 12.1 Å². The minimum atomic E-state index is -0.651. The number of hydrogen-bond acceptors (Lipinski definition) is 5. The molecular weight excluding hydrogens is 476 g/mol. The lowest BCUT2D eigenvalue weighted by Crippen LogP contribution is -2.58. The van der Waals surface area contributed by atoms with Gasteiger partial charge in [0, 0.05) is 45.1 Å². The lowest BCUT2D eigenvalue weighted by atomic mass is 9.70. The van der Waals surface area contributed by atoms with Gasteiger partial charge in [-0.15, -0.1) is 0 Å². The van der Waals surface area contributed by atoms with Crippen LogP contribution in [0.2, 0.25) is 0 Å². The SMILES string of the molecule is CC(=O)Nc1ccc(CN2C(=O)OC3(CCN(Cc4ccc(C#N)cc4)CC3)C2(C)c2ccccc2)cc1. The van der Waals surface area contributed by atoms with Gasteiger partial charge in [-0.2, -0.15) is 5.26 Å². The fourth-order valence-electron chi connectivity index (χ4n) is 5.84. The number of amides is 2. The van der Waals surface area contributed by atoms with Crippen LogP contribution in [-0.4, -0.2) is 40.5 Å². The van der Waals surface area contributed by atoms with Crippen molar-refractivity contribution >= 4 is 17.7 Å². The standard InChI is InChI=1S/C31H32N4O3/c1-23(36)33-28-14-12-26(13-15-28)22-35-29(37)38-31(30(35,2)27-6-4-3-5-7-27)16-18-34(19-17-31)21-25-10-8-24(20-32)9-11-25/h3-15H,16-19,21-22H2,1-2H3,(H,33,36). The number of hydrogen-bond donors (Lipinski definition) is 1. The van der Waals surface area contributed by atoms with Gasteiger partial charge in [-0.1, -0.05) is 54.6 Å². The first-order valence-corrected chi connectivity index (χ1v) is 13.0. The summed E-state index contributed by atoms with van der Waals surface area (Å²) in [6.45, 7) is 6.41. The molecule has 1 atom stereocenters. The second-order valence-electron chi connectivity index (χ2n) is 10.3. The number of rotatable bonds is 6. The average Bonchev–Trinajstić information content (AvgIpc) is 3.13. The molecule has 7 heteroatoms. The summed E-state index contributed by atoms with van der Waals surface area (Å²) in [5.41, 5.74) is 3.27. The Morgan fingerprint density at radius 3 is 2.16 bits per heavy atom. The van der Waals surface area contributed by atoms with Crippen molar-refractivity contribution in [2.75, 3.05) is 18.4 Å². The van der Waals surface area contributed by atoms with Crippen molar-refractivity contribution in [1.82, 2.24) is 9.80 Å². The number of carbonyl (C=O) groups excluding carboxylic acids is 2. The topological polar surface area (TPSA) is 85.7 Å². The van der Waals surface area contributed by atoms with Crippen LogP contribution in [0, 0.1) is 11.3 Å². The second-order valence-corrected chi connectivity index (χ2v) is 10.3. The summed E-state index contributed by atoms with van der Waals surface area (Å²) < 4.78 is 6.32. The van der Waals surface area contributed by atoms with Crippen molar-refractivity contribution in [3.8, 4) is 6.07 Å². The van der Waals surface area contributed by atoms with Crippen molar-refractivity contribution < 1.29 is 14.3 Å². The minimum Gasteiger partial charge on any atom is -0.440 e. The number of likely N-dealkylation sites (tertiary alicyclic amines) is 1. The highest BCUT2D eigenvalue weighted by Gasteiger charge is 2.63. The average molecular weight is 509 g/mol. The first-order valence-electron chi connectivity index (χ1n) is 13.0. The Kier molecular flexibility index (Phi) is 6.92. The predicted molar refractivity (Wildman–Crippen MR) is 145 cm³/mol. The summed E-state index contributed by atoms with van der Waals surface area (Å²) in [6, 6.07) is 27.7. The van der Waals surface area contributed by atoms with Gasteiger partial charge in [0.05, 0.1) is 18.2 Å². The highest BCUT2D eigenvalue weighted by molar-refractivity contribution is 5.88. The lowest BCUT2D eigenvalue weighted by Gasteiger charge is -2.48. The fraction of sp³-hybridized carbons (Fsp3) is 0.323. The molecule has 7 nitrogen and oxygen atoms in total. The molecule has 2 aliphatic rings. The predicted octanol–water partition coefficient (Wildman–Crippen LogP) is 5.42. The summed E-state index contributed by atoms with van der Waals surface area (Å²) in [6.07, 6.45) is 1.14. The van der Waals surface area contributed by atoms with Gasteiger partial charge in [0.25, 0.3) is 0 Å². The molecule has 1 unspecified atom stereocenters. The molecule has 5 rings (SSSR count).